The molecule has 0 aromatic heterocycles. The minimum atomic E-state index is -2.69. The first-order valence-corrected chi connectivity index (χ1v) is 6.27. The Hall–Kier alpha value is -2.67. The van der Waals surface area contributed by atoms with Crippen LogP contribution in [0.5, 0.6) is 0 Å². The van der Waals surface area contributed by atoms with Crippen molar-refractivity contribution in [2.45, 2.75) is 25.4 Å². The number of aliphatic carboxylic acids is 1. The van der Waals surface area contributed by atoms with Crippen LogP contribution in [0.25, 0.3) is 0 Å². The lowest BCUT2D eigenvalue weighted by Crippen LogP contribution is -2.49. The van der Waals surface area contributed by atoms with Crippen LogP contribution in [0.15, 0.2) is 11.6 Å². The van der Waals surface area contributed by atoms with Crippen LogP contribution in [0.1, 0.15) is 6.92 Å². The molecule has 1 saturated heterocycles. The van der Waals surface area contributed by atoms with E-state index in [1.165, 1.54) is 13.1 Å². The van der Waals surface area contributed by atoms with Gasteiger partial charge in [0.05, 0.1) is 12.6 Å². The Labute approximate surface area is 124 Å². The Morgan fingerprint density at radius 2 is 2.27 bits per heavy atom. The first kappa shape index (κ1) is 15.7. The number of alkyl halides is 1. The second kappa shape index (κ2) is 5.61. The van der Waals surface area contributed by atoms with Crippen LogP contribution in [0.3, 0.4) is 0 Å². The van der Waals surface area contributed by atoms with Crippen molar-refractivity contribution in [2.24, 2.45) is 0 Å². The van der Waals surface area contributed by atoms with Gasteiger partial charge in [-0.15, -0.1) is 0 Å². The maximum Gasteiger partial charge on any atom is 0.368 e. The van der Waals surface area contributed by atoms with E-state index in [2.05, 4.69) is 4.84 Å². The molecule has 0 aromatic rings. The fraction of sp³-hybridized carbons (Fsp3) is 0.500. The van der Waals surface area contributed by atoms with Gasteiger partial charge in [0.15, 0.2) is 6.19 Å². The van der Waals surface area contributed by atoms with Gasteiger partial charge in [0.1, 0.15) is 6.04 Å². The van der Waals surface area contributed by atoms with E-state index >= 15 is 0 Å². The molecule has 3 amide bonds. The smallest absolute Gasteiger partial charge is 0.368 e. The molecule has 2 heterocycles. The number of carboxylic acids is 1. The van der Waals surface area contributed by atoms with Crippen LogP contribution >= 0.6 is 0 Å². The lowest BCUT2D eigenvalue weighted by atomic mass is 10.00. The predicted molar refractivity (Wildman–Crippen MR) is 67.3 cm³/mol. The summed E-state index contributed by atoms with van der Waals surface area (Å²) < 4.78 is 13.2. The highest BCUT2D eigenvalue weighted by atomic mass is 19.1. The SMILES string of the molecule is CC1=C[C@@H]2CN(C(=O)N2O[C@H](F)C(=O)O)[C@@H]1C(=O)N(C)C#N. The average molecular weight is 312 g/mol. The normalized spacial score (nSPS) is 24.6. The fourth-order valence-electron chi connectivity index (χ4n) is 2.43. The molecule has 1 N–H and O–H groups in total. The number of carboxylic acid groups (broad SMARTS) is 1. The Balaban J connectivity index is 2.24. The monoisotopic (exact) mass is 312 g/mol. The molecule has 2 bridgehead atoms. The highest BCUT2D eigenvalue weighted by Crippen LogP contribution is 2.30. The standard InChI is InChI=1S/C12H13FN4O5/c1-6-3-7-4-16(8(6)10(18)15(2)5-14)12(21)17(7)22-9(13)11(19)20/h3,7-9H,4H2,1-2H3,(H,19,20)/t7-,8+,9+/m1/s1. The molecule has 3 atom stereocenters. The highest BCUT2D eigenvalue weighted by Gasteiger charge is 2.49. The number of amides is 3. The Morgan fingerprint density at radius 1 is 1.64 bits per heavy atom. The van der Waals surface area contributed by atoms with Gasteiger partial charge in [-0.05, 0) is 12.5 Å². The summed E-state index contributed by atoms with van der Waals surface area (Å²) in [6, 6.07) is -2.52. The van der Waals surface area contributed by atoms with Crippen LogP contribution in [0.2, 0.25) is 0 Å². The highest BCUT2D eigenvalue weighted by molar-refractivity contribution is 5.92. The number of halogens is 1. The van der Waals surface area contributed by atoms with E-state index in [0.717, 1.165) is 9.80 Å². The van der Waals surface area contributed by atoms with Gasteiger partial charge in [-0.2, -0.15) is 10.3 Å². The predicted octanol–water partition coefficient (Wildman–Crippen LogP) is -0.328. The summed E-state index contributed by atoms with van der Waals surface area (Å²) in [4.78, 5) is 41.2. The second-order valence-corrected chi connectivity index (χ2v) is 4.90. The molecule has 118 valence electrons. The number of nitrogens with zero attached hydrogens (tertiary/aromatic N) is 4. The van der Waals surface area contributed by atoms with Gasteiger partial charge in [-0.1, -0.05) is 6.08 Å². The Bertz CT molecular complexity index is 601. The third-order valence-corrected chi connectivity index (χ3v) is 3.43. The van der Waals surface area contributed by atoms with Crippen molar-refractivity contribution in [3.8, 4) is 6.19 Å². The topological polar surface area (TPSA) is 114 Å². The first-order chi connectivity index (χ1) is 10.3. The maximum absolute atomic E-state index is 13.2. The van der Waals surface area contributed by atoms with Crippen molar-refractivity contribution in [3.63, 3.8) is 0 Å². The van der Waals surface area contributed by atoms with Crippen molar-refractivity contribution in [1.82, 2.24) is 14.9 Å². The Kier molecular flexibility index (Phi) is 4.01. The van der Waals surface area contributed by atoms with Crippen LogP contribution in [-0.4, -0.2) is 69.9 Å². The molecular formula is C12H13FN4O5. The zero-order chi connectivity index (χ0) is 16.6. The summed E-state index contributed by atoms with van der Waals surface area (Å²) in [6.07, 6.45) is 0.482. The van der Waals surface area contributed by atoms with Gasteiger partial charge in [0.25, 0.3) is 5.91 Å². The number of urea groups is 1. The van der Waals surface area contributed by atoms with Crippen molar-refractivity contribution < 1.29 is 28.7 Å². The van der Waals surface area contributed by atoms with Gasteiger partial charge in [0, 0.05) is 7.05 Å². The number of carbonyl (C=O) groups is 3. The molecule has 0 spiro atoms. The zero-order valence-electron chi connectivity index (χ0n) is 11.8. The number of rotatable bonds is 4. The number of fused-ring (bicyclic) bond motifs is 2. The van der Waals surface area contributed by atoms with E-state index in [0.29, 0.717) is 10.6 Å². The minimum absolute atomic E-state index is 0.0399. The summed E-state index contributed by atoms with van der Waals surface area (Å²) in [6.45, 7) is 1.63. The van der Waals surface area contributed by atoms with Gasteiger partial charge in [0.2, 0.25) is 0 Å². The van der Waals surface area contributed by atoms with Crippen molar-refractivity contribution in [3.05, 3.63) is 11.6 Å². The lowest BCUT2D eigenvalue weighted by Gasteiger charge is -2.30. The lowest BCUT2D eigenvalue weighted by molar-refractivity contribution is -0.219. The molecular weight excluding hydrogens is 299 g/mol. The number of carbonyl (C=O) groups excluding carboxylic acids is 2. The average Bonchev–Trinajstić information content (AvgIpc) is 2.71. The van der Waals surface area contributed by atoms with Gasteiger partial charge < -0.3 is 10.0 Å². The fourth-order valence-corrected chi connectivity index (χ4v) is 2.43. The summed E-state index contributed by atoms with van der Waals surface area (Å²) in [5.41, 5.74) is 0.494. The van der Waals surface area contributed by atoms with E-state index in [-0.39, 0.29) is 6.54 Å². The molecule has 2 rings (SSSR count). The van der Waals surface area contributed by atoms with Crippen LogP contribution < -0.4 is 0 Å². The molecule has 10 heteroatoms. The summed E-state index contributed by atoms with van der Waals surface area (Å²) in [7, 11) is 1.26. The van der Waals surface area contributed by atoms with Crippen LogP contribution in [0.4, 0.5) is 9.18 Å². The molecule has 1 fully saturated rings. The molecule has 0 aliphatic carbocycles. The molecule has 0 radical (unpaired) electrons. The molecule has 22 heavy (non-hydrogen) atoms. The molecule has 0 saturated carbocycles. The van der Waals surface area contributed by atoms with E-state index in [9.17, 15) is 18.8 Å². The van der Waals surface area contributed by atoms with Crippen molar-refractivity contribution in [2.75, 3.05) is 13.6 Å². The van der Waals surface area contributed by atoms with Crippen molar-refractivity contribution in [1.29, 1.82) is 5.26 Å². The number of hydrogen-bond acceptors (Lipinski definition) is 5. The van der Waals surface area contributed by atoms with Crippen molar-refractivity contribution >= 4 is 17.9 Å². The summed E-state index contributed by atoms with van der Waals surface area (Å²) >= 11 is 0. The van der Waals surface area contributed by atoms with E-state index < -0.39 is 36.3 Å². The van der Waals surface area contributed by atoms with E-state index in [1.54, 1.807) is 13.1 Å². The van der Waals surface area contributed by atoms with Gasteiger partial charge >= 0.3 is 18.4 Å². The van der Waals surface area contributed by atoms with Crippen LogP contribution in [0, 0.1) is 11.5 Å². The van der Waals surface area contributed by atoms with E-state index in [1.807, 2.05) is 0 Å². The number of hydrogen-bond donors (Lipinski definition) is 1. The summed E-state index contributed by atoms with van der Waals surface area (Å²) in [5, 5.41) is 17.9. The molecule has 0 aromatic carbocycles. The molecule has 9 nitrogen and oxygen atoms in total. The maximum atomic E-state index is 13.2. The zero-order valence-corrected chi connectivity index (χ0v) is 11.8. The van der Waals surface area contributed by atoms with Crippen LogP contribution in [-0.2, 0) is 14.4 Å². The molecule has 2 aliphatic heterocycles. The molecule has 2 aliphatic rings. The van der Waals surface area contributed by atoms with Gasteiger partial charge in [-0.3, -0.25) is 9.69 Å². The minimum Gasteiger partial charge on any atom is -0.477 e. The molecule has 0 unspecified atom stereocenters. The third kappa shape index (κ3) is 2.46. The number of nitriles is 1. The van der Waals surface area contributed by atoms with Gasteiger partial charge in [-0.25, -0.2) is 18.8 Å². The second-order valence-electron chi connectivity index (χ2n) is 4.90. The number of hydroxylamine groups is 2. The largest absolute Gasteiger partial charge is 0.477 e. The summed E-state index contributed by atoms with van der Waals surface area (Å²) in [5.74, 6) is -2.47. The number of likely N-dealkylation sites (N-methyl/N-ethyl adjacent to an activating group) is 1. The quantitative estimate of drug-likeness (QED) is 0.432. The Morgan fingerprint density at radius 3 is 2.82 bits per heavy atom. The first-order valence-electron chi connectivity index (χ1n) is 6.27. The van der Waals surface area contributed by atoms with E-state index in [4.69, 9.17) is 10.4 Å². The third-order valence-electron chi connectivity index (χ3n) is 3.43.